The van der Waals surface area contributed by atoms with E-state index in [4.69, 9.17) is 5.11 Å². The van der Waals surface area contributed by atoms with Gasteiger partial charge in [-0.2, -0.15) is 18.2 Å². The van der Waals surface area contributed by atoms with Gasteiger partial charge in [0.05, 0.1) is 0 Å². The highest BCUT2D eigenvalue weighted by atomic mass is 19.4. The maximum absolute atomic E-state index is 12.0. The zero-order valence-corrected chi connectivity index (χ0v) is 10.4. The largest absolute Gasteiger partial charge is 0.478 e. The molecule has 0 atom stereocenters. The number of carboxylic acid groups (broad SMARTS) is 1. The van der Waals surface area contributed by atoms with E-state index in [-0.39, 0.29) is 17.3 Å². The number of hydrogen-bond acceptors (Lipinski definition) is 4. The third kappa shape index (κ3) is 4.29. The van der Waals surface area contributed by atoms with Gasteiger partial charge in [0.2, 0.25) is 5.88 Å². The van der Waals surface area contributed by atoms with Gasteiger partial charge in [-0.05, 0) is 24.8 Å². The molecule has 1 aliphatic carbocycles. The Kier molecular flexibility index (Phi) is 4.01. The molecule has 0 radical (unpaired) electrons. The lowest BCUT2D eigenvalue weighted by Crippen LogP contribution is -2.20. The van der Waals surface area contributed by atoms with E-state index >= 15 is 0 Å². The average Bonchev–Trinajstić information content (AvgIpc) is 3.16. The monoisotopic (exact) mass is 290 g/mol. The van der Waals surface area contributed by atoms with Gasteiger partial charge in [-0.3, -0.25) is 0 Å². The van der Waals surface area contributed by atoms with E-state index in [2.05, 4.69) is 15.0 Å². The number of nitrogens with one attached hydrogen (secondary N) is 1. The number of carboxylic acids is 1. The van der Waals surface area contributed by atoms with E-state index in [0.29, 0.717) is 12.5 Å². The SMILES string of the molecule is O=C(O)c1ccc(OCC(F)(F)F)nc1NCC1CC1. The average molecular weight is 290 g/mol. The number of halogens is 3. The highest BCUT2D eigenvalue weighted by molar-refractivity contribution is 5.93. The van der Waals surface area contributed by atoms with E-state index in [1.807, 2.05) is 0 Å². The molecule has 0 bridgehead atoms. The summed E-state index contributed by atoms with van der Waals surface area (Å²) in [4.78, 5) is 14.8. The van der Waals surface area contributed by atoms with Crippen molar-refractivity contribution in [1.29, 1.82) is 0 Å². The predicted octanol–water partition coefficient (Wildman–Crippen LogP) is 2.54. The van der Waals surface area contributed by atoms with E-state index in [1.165, 1.54) is 6.07 Å². The van der Waals surface area contributed by atoms with Crippen molar-refractivity contribution in [3.05, 3.63) is 17.7 Å². The second-order valence-corrected chi connectivity index (χ2v) is 4.58. The smallest absolute Gasteiger partial charge is 0.422 e. The predicted molar refractivity (Wildman–Crippen MR) is 64.0 cm³/mol. The summed E-state index contributed by atoms with van der Waals surface area (Å²) < 4.78 is 40.6. The molecule has 0 aromatic carbocycles. The minimum absolute atomic E-state index is 0.0316. The van der Waals surface area contributed by atoms with Gasteiger partial charge in [0.1, 0.15) is 11.4 Å². The lowest BCUT2D eigenvalue weighted by atomic mass is 10.2. The number of hydrogen-bond donors (Lipinski definition) is 2. The van der Waals surface area contributed by atoms with Gasteiger partial charge < -0.3 is 15.2 Å². The summed E-state index contributed by atoms with van der Waals surface area (Å²) in [7, 11) is 0. The van der Waals surface area contributed by atoms with Gasteiger partial charge >= 0.3 is 12.1 Å². The van der Waals surface area contributed by atoms with Gasteiger partial charge in [0.25, 0.3) is 0 Å². The molecule has 1 fully saturated rings. The van der Waals surface area contributed by atoms with Crippen molar-refractivity contribution < 1.29 is 27.8 Å². The van der Waals surface area contributed by atoms with Crippen LogP contribution in [0.3, 0.4) is 0 Å². The lowest BCUT2D eigenvalue weighted by molar-refractivity contribution is -0.154. The number of carbonyl (C=O) groups is 1. The van der Waals surface area contributed by atoms with Crippen LogP contribution in [-0.2, 0) is 0 Å². The first-order valence-electron chi connectivity index (χ1n) is 6.03. The minimum atomic E-state index is -4.46. The summed E-state index contributed by atoms with van der Waals surface area (Å²) in [5, 5.41) is 11.8. The van der Waals surface area contributed by atoms with Gasteiger partial charge in [0.15, 0.2) is 6.61 Å². The Morgan fingerprint density at radius 3 is 2.70 bits per heavy atom. The number of aromatic nitrogens is 1. The number of anilines is 1. The first kappa shape index (κ1) is 14.4. The zero-order chi connectivity index (χ0) is 14.8. The number of ether oxygens (including phenoxy) is 1. The van der Waals surface area contributed by atoms with Crippen molar-refractivity contribution in [2.75, 3.05) is 18.5 Å². The number of aromatic carboxylic acids is 1. The molecule has 110 valence electrons. The van der Waals surface area contributed by atoms with Crippen LogP contribution in [0, 0.1) is 5.92 Å². The van der Waals surface area contributed by atoms with Crippen LogP contribution in [0.5, 0.6) is 5.88 Å². The van der Waals surface area contributed by atoms with Crippen LogP contribution in [-0.4, -0.2) is 35.4 Å². The van der Waals surface area contributed by atoms with Crippen LogP contribution < -0.4 is 10.1 Å². The van der Waals surface area contributed by atoms with Crippen molar-refractivity contribution in [2.45, 2.75) is 19.0 Å². The van der Waals surface area contributed by atoms with Gasteiger partial charge in [-0.15, -0.1) is 0 Å². The maximum atomic E-state index is 12.0. The molecule has 1 heterocycles. The fourth-order valence-corrected chi connectivity index (χ4v) is 1.55. The molecule has 2 N–H and O–H groups in total. The molecule has 5 nitrogen and oxygen atoms in total. The zero-order valence-electron chi connectivity index (χ0n) is 10.4. The van der Waals surface area contributed by atoms with E-state index in [0.717, 1.165) is 18.9 Å². The fraction of sp³-hybridized carbons (Fsp3) is 0.500. The van der Waals surface area contributed by atoms with Crippen LogP contribution in [0.1, 0.15) is 23.2 Å². The summed E-state index contributed by atoms with van der Waals surface area (Å²) >= 11 is 0. The molecule has 20 heavy (non-hydrogen) atoms. The molecule has 0 amide bonds. The number of rotatable bonds is 6. The third-order valence-corrected chi connectivity index (χ3v) is 2.74. The first-order valence-corrected chi connectivity index (χ1v) is 6.03. The minimum Gasteiger partial charge on any atom is -0.478 e. The Morgan fingerprint density at radius 2 is 2.15 bits per heavy atom. The molecular weight excluding hydrogens is 277 g/mol. The Hall–Kier alpha value is -1.99. The van der Waals surface area contributed by atoms with Crippen molar-refractivity contribution >= 4 is 11.8 Å². The van der Waals surface area contributed by atoms with Gasteiger partial charge in [0, 0.05) is 12.6 Å². The topological polar surface area (TPSA) is 71.5 Å². The van der Waals surface area contributed by atoms with Crippen molar-refractivity contribution in [2.24, 2.45) is 5.92 Å². The van der Waals surface area contributed by atoms with E-state index < -0.39 is 18.8 Å². The maximum Gasteiger partial charge on any atom is 0.422 e. The lowest BCUT2D eigenvalue weighted by Gasteiger charge is -2.12. The number of nitrogens with zero attached hydrogens (tertiary/aromatic N) is 1. The highest BCUT2D eigenvalue weighted by Crippen LogP contribution is 2.29. The molecule has 0 unspecified atom stereocenters. The van der Waals surface area contributed by atoms with Crippen molar-refractivity contribution in [3.63, 3.8) is 0 Å². The number of alkyl halides is 3. The highest BCUT2D eigenvalue weighted by Gasteiger charge is 2.29. The summed E-state index contributed by atoms with van der Waals surface area (Å²) in [6.45, 7) is -0.912. The Balaban J connectivity index is 2.09. The number of pyridine rings is 1. The Morgan fingerprint density at radius 1 is 1.45 bits per heavy atom. The molecule has 1 aromatic rings. The quantitative estimate of drug-likeness (QED) is 0.842. The molecule has 1 aliphatic rings. The summed E-state index contributed by atoms with van der Waals surface area (Å²) in [5.74, 6) is -0.953. The Labute approximate surface area is 112 Å². The standard InChI is InChI=1S/C12H13F3N2O3/c13-12(14,15)6-20-9-4-3-8(11(18)19)10(17-9)16-5-7-1-2-7/h3-4,7H,1-2,5-6H2,(H,16,17)(H,18,19). The van der Waals surface area contributed by atoms with Crippen LogP contribution in [0.2, 0.25) is 0 Å². The summed E-state index contributed by atoms with van der Waals surface area (Å²) in [6, 6.07) is 2.29. The van der Waals surface area contributed by atoms with Crippen LogP contribution >= 0.6 is 0 Å². The molecule has 0 saturated heterocycles. The molecule has 0 aliphatic heterocycles. The molecule has 1 saturated carbocycles. The van der Waals surface area contributed by atoms with Crippen molar-refractivity contribution in [3.8, 4) is 5.88 Å². The normalized spacial score (nSPS) is 14.9. The van der Waals surface area contributed by atoms with Crippen LogP contribution in [0.25, 0.3) is 0 Å². The fourth-order valence-electron chi connectivity index (χ4n) is 1.55. The summed E-state index contributed by atoms with van der Waals surface area (Å²) in [6.07, 6.45) is -2.35. The third-order valence-electron chi connectivity index (χ3n) is 2.74. The molecule has 0 spiro atoms. The molecule has 2 rings (SSSR count). The summed E-state index contributed by atoms with van der Waals surface area (Å²) in [5.41, 5.74) is -0.0926. The van der Waals surface area contributed by atoms with Crippen LogP contribution in [0.15, 0.2) is 12.1 Å². The Bertz CT molecular complexity index is 501. The molecular formula is C12H13F3N2O3. The molecule has 1 aromatic heterocycles. The van der Waals surface area contributed by atoms with E-state index in [1.54, 1.807) is 0 Å². The van der Waals surface area contributed by atoms with Gasteiger partial charge in [-0.1, -0.05) is 0 Å². The second kappa shape index (κ2) is 5.56. The second-order valence-electron chi connectivity index (χ2n) is 4.58. The first-order chi connectivity index (χ1) is 9.35. The van der Waals surface area contributed by atoms with Gasteiger partial charge in [-0.25, -0.2) is 4.79 Å². The molecule has 8 heteroatoms. The van der Waals surface area contributed by atoms with E-state index in [9.17, 15) is 18.0 Å². The van der Waals surface area contributed by atoms with Crippen molar-refractivity contribution in [1.82, 2.24) is 4.98 Å². The van der Waals surface area contributed by atoms with Crippen LogP contribution in [0.4, 0.5) is 19.0 Å².